The van der Waals surface area contributed by atoms with Gasteiger partial charge in [0.15, 0.2) is 0 Å². The van der Waals surface area contributed by atoms with Gasteiger partial charge in [-0.2, -0.15) is 0 Å². The fourth-order valence-corrected chi connectivity index (χ4v) is 1.10. The van der Waals surface area contributed by atoms with Crippen molar-refractivity contribution < 1.29 is 29.3 Å². The van der Waals surface area contributed by atoms with E-state index in [1.807, 2.05) is 0 Å². The molecule has 2 amide bonds. The van der Waals surface area contributed by atoms with Crippen LogP contribution in [0.5, 0.6) is 0 Å². The molecule has 0 fully saturated rings. The molecule has 0 aromatic heterocycles. The van der Waals surface area contributed by atoms with E-state index in [1.54, 1.807) is 13.8 Å². The number of hydrogen-bond acceptors (Lipinski definition) is 4. The second kappa shape index (κ2) is 7.57. The van der Waals surface area contributed by atoms with Crippen LogP contribution in [-0.2, 0) is 14.3 Å². The first-order valence-corrected chi connectivity index (χ1v) is 5.72. The van der Waals surface area contributed by atoms with E-state index in [2.05, 4.69) is 10.6 Å². The van der Waals surface area contributed by atoms with E-state index in [4.69, 9.17) is 14.9 Å². The van der Waals surface area contributed by atoms with Crippen LogP contribution in [0.15, 0.2) is 0 Å². The van der Waals surface area contributed by atoms with Gasteiger partial charge in [0.25, 0.3) is 0 Å². The van der Waals surface area contributed by atoms with Gasteiger partial charge in [0.1, 0.15) is 6.04 Å². The van der Waals surface area contributed by atoms with E-state index in [0.29, 0.717) is 0 Å². The molecule has 0 aromatic rings. The highest BCUT2D eigenvalue weighted by Gasteiger charge is 2.22. The van der Waals surface area contributed by atoms with Crippen LogP contribution in [0.25, 0.3) is 0 Å². The number of carbonyl (C=O) groups is 3. The standard InChI is InChI=1S/C11H20N2O6/c1-11(2,19-3)6-12-10(18)13-7(9(16)17)4-5-8(14)15/h7H,4-6H2,1-3H3,(H,14,15)(H,16,17)(H2,12,13,18). The van der Waals surface area contributed by atoms with Crippen molar-refractivity contribution in [3.63, 3.8) is 0 Å². The van der Waals surface area contributed by atoms with Crippen molar-refractivity contribution in [2.45, 2.75) is 38.3 Å². The summed E-state index contributed by atoms with van der Waals surface area (Å²) in [6, 6.07) is -1.91. The first-order valence-electron chi connectivity index (χ1n) is 5.72. The van der Waals surface area contributed by atoms with Crippen LogP contribution >= 0.6 is 0 Å². The van der Waals surface area contributed by atoms with Crippen molar-refractivity contribution in [3.8, 4) is 0 Å². The lowest BCUT2D eigenvalue weighted by atomic mass is 10.1. The number of rotatable bonds is 8. The lowest BCUT2D eigenvalue weighted by molar-refractivity contribution is -0.140. The molecule has 0 aliphatic heterocycles. The minimum Gasteiger partial charge on any atom is -0.481 e. The monoisotopic (exact) mass is 276 g/mol. The average Bonchev–Trinajstić information content (AvgIpc) is 2.31. The van der Waals surface area contributed by atoms with E-state index >= 15 is 0 Å². The van der Waals surface area contributed by atoms with Gasteiger partial charge in [0.05, 0.1) is 5.60 Å². The molecule has 0 saturated heterocycles. The predicted molar refractivity (Wildman–Crippen MR) is 65.9 cm³/mol. The Balaban J connectivity index is 4.25. The highest BCUT2D eigenvalue weighted by Crippen LogP contribution is 2.04. The van der Waals surface area contributed by atoms with Gasteiger partial charge in [-0.15, -0.1) is 0 Å². The van der Waals surface area contributed by atoms with Gasteiger partial charge in [-0.25, -0.2) is 9.59 Å². The summed E-state index contributed by atoms with van der Waals surface area (Å²) >= 11 is 0. The van der Waals surface area contributed by atoms with Crippen LogP contribution < -0.4 is 10.6 Å². The van der Waals surface area contributed by atoms with Gasteiger partial charge in [-0.3, -0.25) is 4.79 Å². The number of urea groups is 1. The van der Waals surface area contributed by atoms with Crippen LogP contribution in [0.1, 0.15) is 26.7 Å². The lowest BCUT2D eigenvalue weighted by Gasteiger charge is -2.23. The van der Waals surface area contributed by atoms with Crippen molar-refractivity contribution in [1.29, 1.82) is 0 Å². The Kier molecular flexibility index (Phi) is 6.84. The van der Waals surface area contributed by atoms with E-state index in [-0.39, 0.29) is 19.4 Å². The first-order chi connectivity index (χ1) is 8.68. The molecule has 0 heterocycles. The third kappa shape index (κ3) is 7.98. The first kappa shape index (κ1) is 17.2. The topological polar surface area (TPSA) is 125 Å². The number of carboxylic acid groups (broad SMARTS) is 2. The molecule has 0 rings (SSSR count). The summed E-state index contributed by atoms with van der Waals surface area (Å²) in [5.41, 5.74) is -0.572. The Morgan fingerprint density at radius 1 is 1.26 bits per heavy atom. The fourth-order valence-electron chi connectivity index (χ4n) is 1.10. The number of nitrogens with one attached hydrogen (secondary N) is 2. The zero-order chi connectivity index (χ0) is 15.1. The highest BCUT2D eigenvalue weighted by atomic mass is 16.5. The summed E-state index contributed by atoms with van der Waals surface area (Å²) in [7, 11) is 1.49. The van der Waals surface area contributed by atoms with Crippen LogP contribution in [0.4, 0.5) is 4.79 Å². The Hall–Kier alpha value is -1.83. The highest BCUT2D eigenvalue weighted by molar-refractivity contribution is 5.83. The fraction of sp³-hybridized carbons (Fsp3) is 0.727. The van der Waals surface area contributed by atoms with Gasteiger partial charge in [-0.05, 0) is 20.3 Å². The van der Waals surface area contributed by atoms with Gasteiger partial charge >= 0.3 is 18.0 Å². The van der Waals surface area contributed by atoms with Gasteiger partial charge in [0.2, 0.25) is 0 Å². The molecule has 4 N–H and O–H groups in total. The third-order valence-corrected chi connectivity index (χ3v) is 2.48. The minimum atomic E-state index is -1.28. The largest absolute Gasteiger partial charge is 0.481 e. The summed E-state index contributed by atoms with van der Waals surface area (Å²) < 4.78 is 5.08. The molecule has 0 aliphatic rings. The van der Waals surface area contributed by atoms with E-state index < -0.39 is 29.6 Å². The second-order valence-corrected chi connectivity index (χ2v) is 4.61. The summed E-state index contributed by atoms with van der Waals surface area (Å²) in [6.07, 6.45) is -0.507. The van der Waals surface area contributed by atoms with Crippen LogP contribution in [0.2, 0.25) is 0 Å². The normalized spacial score (nSPS) is 12.6. The Labute approximate surface area is 111 Å². The number of methoxy groups -OCH3 is 1. The molecule has 8 nitrogen and oxygen atoms in total. The molecule has 8 heteroatoms. The number of ether oxygens (including phenoxy) is 1. The number of carbonyl (C=O) groups excluding carboxylic acids is 1. The molecule has 0 radical (unpaired) electrons. The molecule has 0 aliphatic carbocycles. The smallest absolute Gasteiger partial charge is 0.326 e. The summed E-state index contributed by atoms with van der Waals surface area (Å²) in [6.45, 7) is 3.71. The van der Waals surface area contributed by atoms with Crippen LogP contribution in [-0.4, -0.2) is 53.5 Å². The second-order valence-electron chi connectivity index (χ2n) is 4.61. The number of aliphatic carboxylic acids is 2. The quantitative estimate of drug-likeness (QED) is 0.495. The van der Waals surface area contributed by atoms with Crippen molar-refractivity contribution >= 4 is 18.0 Å². The molecule has 0 saturated carbocycles. The molecule has 1 atom stereocenters. The zero-order valence-electron chi connectivity index (χ0n) is 11.2. The summed E-state index contributed by atoms with van der Waals surface area (Å²) in [4.78, 5) is 32.7. The van der Waals surface area contributed by atoms with Crippen molar-refractivity contribution in [2.75, 3.05) is 13.7 Å². The number of carboxylic acids is 2. The molecule has 19 heavy (non-hydrogen) atoms. The predicted octanol–water partition coefficient (Wildman–Crippen LogP) is 0.0286. The Bertz CT molecular complexity index is 342. The number of hydrogen-bond donors (Lipinski definition) is 4. The molecular formula is C11H20N2O6. The molecule has 0 aromatic carbocycles. The van der Waals surface area contributed by atoms with Gasteiger partial charge in [-0.1, -0.05) is 0 Å². The maximum atomic E-state index is 11.5. The van der Waals surface area contributed by atoms with Crippen LogP contribution in [0, 0.1) is 0 Å². The molecular weight excluding hydrogens is 256 g/mol. The van der Waals surface area contributed by atoms with E-state index in [0.717, 1.165) is 0 Å². The average molecular weight is 276 g/mol. The van der Waals surface area contributed by atoms with Crippen molar-refractivity contribution in [2.24, 2.45) is 0 Å². The maximum Gasteiger partial charge on any atom is 0.326 e. The lowest BCUT2D eigenvalue weighted by Crippen LogP contribution is -2.49. The number of amides is 2. The maximum absolute atomic E-state index is 11.5. The van der Waals surface area contributed by atoms with Crippen LogP contribution in [0.3, 0.4) is 0 Å². The molecule has 0 bridgehead atoms. The summed E-state index contributed by atoms with van der Waals surface area (Å²) in [5, 5.41) is 22.0. The van der Waals surface area contributed by atoms with Crippen molar-refractivity contribution in [3.05, 3.63) is 0 Å². The minimum absolute atomic E-state index is 0.175. The van der Waals surface area contributed by atoms with E-state index in [9.17, 15) is 14.4 Å². The Morgan fingerprint density at radius 2 is 1.84 bits per heavy atom. The Morgan fingerprint density at radius 3 is 2.26 bits per heavy atom. The molecule has 110 valence electrons. The molecule has 0 spiro atoms. The summed E-state index contributed by atoms with van der Waals surface area (Å²) in [5.74, 6) is -2.39. The van der Waals surface area contributed by atoms with Crippen molar-refractivity contribution in [1.82, 2.24) is 10.6 Å². The molecule has 1 unspecified atom stereocenters. The SMILES string of the molecule is COC(C)(C)CNC(=O)NC(CCC(=O)O)C(=O)O. The van der Waals surface area contributed by atoms with E-state index in [1.165, 1.54) is 7.11 Å². The zero-order valence-corrected chi connectivity index (χ0v) is 11.2. The van der Waals surface area contributed by atoms with Gasteiger partial charge < -0.3 is 25.6 Å². The third-order valence-electron chi connectivity index (χ3n) is 2.48. The van der Waals surface area contributed by atoms with Gasteiger partial charge in [0, 0.05) is 20.1 Å².